The first kappa shape index (κ1) is 19.5. The van der Waals surface area contributed by atoms with Gasteiger partial charge in [-0.1, -0.05) is 30.3 Å². The van der Waals surface area contributed by atoms with Crippen molar-refractivity contribution in [1.82, 2.24) is 19.5 Å². The van der Waals surface area contributed by atoms with Crippen LogP contribution in [0.2, 0.25) is 0 Å². The van der Waals surface area contributed by atoms with Crippen LogP contribution >= 0.6 is 0 Å². The van der Waals surface area contributed by atoms with Gasteiger partial charge in [0.15, 0.2) is 0 Å². The maximum absolute atomic E-state index is 11.4. The Hall–Kier alpha value is -2.22. The normalized spacial score (nSPS) is 15.5. The standard InChI is InChI=1S/C19H19N5O2.Na/c25-18(26)14-6-7-16-15(10-14)17(21-11-13-4-2-1-3-5-13)23-19(22-16)24-9-8-20-12-24;/h1-5,8-9,12,14H,6-7,10-11H2,(H,25,26)(H,21,22,23);. The Balaban J connectivity index is 0.00000210. The van der Waals surface area contributed by atoms with Crippen molar-refractivity contribution in [3.63, 3.8) is 0 Å². The minimum absolute atomic E-state index is 0. The molecule has 2 N–H and O–H groups in total. The summed E-state index contributed by atoms with van der Waals surface area (Å²) in [6.45, 7) is 0.616. The Morgan fingerprint density at radius 2 is 2.07 bits per heavy atom. The number of benzene rings is 1. The van der Waals surface area contributed by atoms with E-state index in [9.17, 15) is 9.90 Å². The third kappa shape index (κ3) is 4.37. The summed E-state index contributed by atoms with van der Waals surface area (Å²) >= 11 is 0. The number of fused-ring (bicyclic) bond motifs is 1. The molecule has 0 fully saturated rings. The van der Waals surface area contributed by atoms with Gasteiger partial charge < -0.3 is 10.4 Å². The Bertz CT molecular complexity index is 915. The van der Waals surface area contributed by atoms with Crippen molar-refractivity contribution in [3.8, 4) is 5.95 Å². The summed E-state index contributed by atoms with van der Waals surface area (Å²) in [5.74, 6) is 0.102. The zero-order chi connectivity index (χ0) is 17.9. The maximum atomic E-state index is 11.4. The number of nitrogens with one attached hydrogen (secondary N) is 1. The van der Waals surface area contributed by atoms with E-state index in [1.807, 2.05) is 30.3 Å². The van der Waals surface area contributed by atoms with E-state index in [4.69, 9.17) is 0 Å². The molecule has 1 radical (unpaired) electrons. The number of nitrogens with zero attached hydrogens (tertiary/aromatic N) is 4. The van der Waals surface area contributed by atoms with Crippen molar-refractivity contribution >= 4 is 41.3 Å². The number of carboxylic acids is 1. The van der Waals surface area contributed by atoms with Gasteiger partial charge in [0.2, 0.25) is 5.95 Å². The molecule has 2 heterocycles. The second-order valence-corrected chi connectivity index (χ2v) is 6.38. The smallest absolute Gasteiger partial charge is 0.306 e. The third-order valence-corrected chi connectivity index (χ3v) is 4.65. The summed E-state index contributed by atoms with van der Waals surface area (Å²) < 4.78 is 1.76. The molecule has 0 saturated heterocycles. The van der Waals surface area contributed by atoms with Crippen molar-refractivity contribution in [3.05, 3.63) is 65.9 Å². The van der Waals surface area contributed by atoms with Crippen LogP contribution in [0.3, 0.4) is 0 Å². The topological polar surface area (TPSA) is 92.9 Å². The Kier molecular flexibility index (Phi) is 6.26. The Labute approximate surface area is 179 Å². The molecule has 0 spiro atoms. The monoisotopic (exact) mass is 372 g/mol. The first-order valence-electron chi connectivity index (χ1n) is 8.59. The fourth-order valence-corrected chi connectivity index (χ4v) is 3.23. The van der Waals surface area contributed by atoms with Crippen LogP contribution in [-0.4, -0.2) is 60.2 Å². The molecule has 1 atom stereocenters. The molecule has 0 bridgehead atoms. The molecular formula is C19H19N5NaO2. The van der Waals surface area contributed by atoms with Gasteiger partial charge in [0, 0.05) is 54.1 Å². The molecule has 3 aromatic rings. The van der Waals surface area contributed by atoms with E-state index in [2.05, 4.69) is 20.3 Å². The predicted octanol–water partition coefficient (Wildman–Crippen LogP) is 2.08. The van der Waals surface area contributed by atoms with Crippen molar-refractivity contribution in [1.29, 1.82) is 0 Å². The molecule has 1 aliphatic carbocycles. The zero-order valence-corrected chi connectivity index (χ0v) is 17.2. The van der Waals surface area contributed by atoms with Gasteiger partial charge in [0.1, 0.15) is 12.1 Å². The molecule has 7 nitrogen and oxygen atoms in total. The van der Waals surface area contributed by atoms with Gasteiger partial charge in [0.25, 0.3) is 0 Å². The van der Waals surface area contributed by atoms with Gasteiger partial charge in [-0.3, -0.25) is 9.36 Å². The van der Waals surface area contributed by atoms with Crippen LogP contribution in [0.4, 0.5) is 5.82 Å². The van der Waals surface area contributed by atoms with E-state index in [0.717, 1.165) is 16.8 Å². The SMILES string of the molecule is O=C(O)C1CCc2nc(-n3ccnc3)nc(NCc3ccccc3)c2C1.[Na]. The van der Waals surface area contributed by atoms with Crippen LogP contribution in [0.1, 0.15) is 23.2 Å². The Morgan fingerprint density at radius 1 is 1.26 bits per heavy atom. The summed E-state index contributed by atoms with van der Waals surface area (Å²) in [6, 6.07) is 10.0. The van der Waals surface area contributed by atoms with Crippen LogP contribution in [0, 0.1) is 5.92 Å². The fourth-order valence-electron chi connectivity index (χ4n) is 3.23. The average Bonchev–Trinajstić information content (AvgIpc) is 3.21. The number of aliphatic carboxylic acids is 1. The number of hydrogen-bond acceptors (Lipinski definition) is 5. The molecule has 8 heteroatoms. The number of anilines is 1. The number of hydrogen-bond donors (Lipinski definition) is 2. The van der Waals surface area contributed by atoms with Crippen molar-refractivity contribution in [2.75, 3.05) is 5.32 Å². The molecule has 1 aromatic carbocycles. The maximum Gasteiger partial charge on any atom is 0.306 e. The van der Waals surface area contributed by atoms with Crippen molar-refractivity contribution < 1.29 is 9.90 Å². The predicted molar refractivity (Wildman–Crippen MR) is 102 cm³/mol. The average molecular weight is 372 g/mol. The van der Waals surface area contributed by atoms with Crippen LogP contribution in [0.25, 0.3) is 5.95 Å². The molecule has 133 valence electrons. The van der Waals surface area contributed by atoms with Gasteiger partial charge >= 0.3 is 5.97 Å². The second-order valence-electron chi connectivity index (χ2n) is 6.38. The van der Waals surface area contributed by atoms with Crippen LogP contribution in [-0.2, 0) is 24.2 Å². The number of aryl methyl sites for hydroxylation is 1. The first-order chi connectivity index (χ1) is 12.7. The van der Waals surface area contributed by atoms with Crippen molar-refractivity contribution in [2.45, 2.75) is 25.8 Å². The van der Waals surface area contributed by atoms with E-state index in [-0.39, 0.29) is 35.5 Å². The fraction of sp³-hybridized carbons (Fsp3) is 0.263. The number of aromatic nitrogens is 4. The summed E-state index contributed by atoms with van der Waals surface area (Å²) in [4.78, 5) is 24.8. The third-order valence-electron chi connectivity index (χ3n) is 4.65. The van der Waals surface area contributed by atoms with Crippen molar-refractivity contribution in [2.24, 2.45) is 5.92 Å². The number of imidazole rings is 1. The molecular weight excluding hydrogens is 353 g/mol. The molecule has 27 heavy (non-hydrogen) atoms. The molecule has 0 aliphatic heterocycles. The summed E-state index contributed by atoms with van der Waals surface area (Å²) in [5.41, 5.74) is 2.95. The van der Waals surface area contributed by atoms with E-state index in [0.29, 0.717) is 37.6 Å². The first-order valence-corrected chi connectivity index (χ1v) is 8.59. The van der Waals surface area contributed by atoms with E-state index >= 15 is 0 Å². The van der Waals surface area contributed by atoms with Crippen LogP contribution in [0.15, 0.2) is 49.1 Å². The summed E-state index contributed by atoms with van der Waals surface area (Å²) in [5, 5.41) is 12.8. The van der Waals surface area contributed by atoms with Gasteiger partial charge in [-0.15, -0.1) is 0 Å². The second kappa shape index (κ2) is 8.65. The van der Waals surface area contributed by atoms with Crippen LogP contribution in [0.5, 0.6) is 0 Å². The molecule has 0 amide bonds. The van der Waals surface area contributed by atoms with E-state index < -0.39 is 5.97 Å². The summed E-state index contributed by atoms with van der Waals surface area (Å²) in [6.07, 6.45) is 6.82. The van der Waals surface area contributed by atoms with Gasteiger partial charge in [0.05, 0.1) is 11.6 Å². The number of carboxylic acid groups (broad SMARTS) is 1. The zero-order valence-electron chi connectivity index (χ0n) is 15.2. The van der Waals surface area contributed by atoms with Gasteiger partial charge in [-0.05, 0) is 24.8 Å². The molecule has 1 unspecified atom stereocenters. The molecule has 1 aliphatic rings. The quantitative estimate of drug-likeness (QED) is 0.666. The molecule has 4 rings (SSSR count). The Morgan fingerprint density at radius 3 is 2.78 bits per heavy atom. The minimum Gasteiger partial charge on any atom is -0.481 e. The molecule has 0 saturated carbocycles. The number of carbonyl (C=O) groups is 1. The molecule has 2 aromatic heterocycles. The number of rotatable bonds is 5. The minimum atomic E-state index is -0.761. The largest absolute Gasteiger partial charge is 0.481 e. The summed E-state index contributed by atoms with van der Waals surface area (Å²) in [7, 11) is 0. The van der Waals surface area contributed by atoms with E-state index in [1.54, 1.807) is 23.3 Å². The van der Waals surface area contributed by atoms with Gasteiger partial charge in [-0.25, -0.2) is 9.97 Å². The van der Waals surface area contributed by atoms with Gasteiger partial charge in [-0.2, -0.15) is 4.98 Å². The van der Waals surface area contributed by atoms with Crippen LogP contribution < -0.4 is 5.32 Å². The van der Waals surface area contributed by atoms with E-state index in [1.165, 1.54) is 0 Å².